The third-order valence-electron chi connectivity index (χ3n) is 4.92. The molecule has 0 saturated heterocycles. The van der Waals surface area contributed by atoms with E-state index in [1.165, 1.54) is 41.5 Å². The molecule has 1 saturated carbocycles. The Morgan fingerprint density at radius 1 is 1.10 bits per heavy atom. The first-order valence-corrected chi connectivity index (χ1v) is 12.4. The second kappa shape index (κ2) is 8.38. The molecule has 1 fully saturated rings. The Kier molecular flexibility index (Phi) is 5.48. The summed E-state index contributed by atoms with van der Waals surface area (Å²) in [6, 6.07) is 19.0. The molecule has 1 aliphatic heterocycles. The molecule has 0 bridgehead atoms. The van der Waals surface area contributed by atoms with Crippen LogP contribution in [-0.4, -0.2) is 33.7 Å². The predicted octanol–water partition coefficient (Wildman–Crippen LogP) is 5.08. The summed E-state index contributed by atoms with van der Waals surface area (Å²) in [5.74, 6) is 1.30. The van der Waals surface area contributed by atoms with E-state index in [4.69, 9.17) is 0 Å². The Balaban J connectivity index is 1.35. The molecule has 8 heteroatoms. The van der Waals surface area contributed by atoms with Gasteiger partial charge < -0.3 is 10.2 Å². The van der Waals surface area contributed by atoms with Gasteiger partial charge in [0.15, 0.2) is 4.34 Å². The van der Waals surface area contributed by atoms with Crippen LogP contribution in [0.15, 0.2) is 63.8 Å². The number of carbonyl (C=O) groups is 1. The molecule has 2 aromatic carbocycles. The van der Waals surface area contributed by atoms with Crippen molar-refractivity contribution in [3.05, 3.63) is 60.2 Å². The fraction of sp³-hybridized carbons (Fsp3) is 0.286. The molecular formula is C21H20N4OS3. The van der Waals surface area contributed by atoms with Gasteiger partial charge in [-0.25, -0.2) is 0 Å². The Morgan fingerprint density at radius 3 is 2.72 bits per heavy atom. The number of nitrogens with one attached hydrogen (secondary N) is 1. The average molecular weight is 441 g/mol. The lowest BCUT2D eigenvalue weighted by Crippen LogP contribution is -2.39. The van der Waals surface area contributed by atoms with Gasteiger partial charge in [0.1, 0.15) is 0 Å². The Bertz CT molecular complexity index is 1010. The van der Waals surface area contributed by atoms with E-state index >= 15 is 0 Å². The lowest BCUT2D eigenvalue weighted by atomic mass is 10.1. The van der Waals surface area contributed by atoms with Crippen molar-refractivity contribution in [1.82, 2.24) is 10.2 Å². The fourth-order valence-electron chi connectivity index (χ4n) is 3.34. The van der Waals surface area contributed by atoms with E-state index in [2.05, 4.69) is 33.7 Å². The SMILES string of the molecule is O=C(CSc1nnc(NC2CC2)s1)N1c2ccccc2SC[C@@H]1c1ccccc1. The van der Waals surface area contributed by atoms with Crippen LogP contribution in [0.4, 0.5) is 10.8 Å². The number of rotatable bonds is 6. The number of hydrogen-bond acceptors (Lipinski definition) is 7. The predicted molar refractivity (Wildman–Crippen MR) is 121 cm³/mol. The second-order valence-electron chi connectivity index (χ2n) is 7.05. The Hall–Kier alpha value is -2.03. The summed E-state index contributed by atoms with van der Waals surface area (Å²) in [6.45, 7) is 0. The lowest BCUT2D eigenvalue weighted by Gasteiger charge is -2.37. The van der Waals surface area contributed by atoms with E-state index in [9.17, 15) is 4.79 Å². The Labute approximate surface area is 182 Å². The number of nitrogens with zero attached hydrogens (tertiary/aromatic N) is 3. The zero-order chi connectivity index (χ0) is 19.6. The molecule has 2 heterocycles. The highest BCUT2D eigenvalue weighted by molar-refractivity contribution is 8.01. The van der Waals surface area contributed by atoms with E-state index in [1.54, 1.807) is 0 Å². The van der Waals surface area contributed by atoms with E-state index in [1.807, 2.05) is 53.1 Å². The van der Waals surface area contributed by atoms with E-state index in [0.29, 0.717) is 11.8 Å². The highest BCUT2D eigenvalue weighted by Crippen LogP contribution is 2.43. The number of benzene rings is 2. The number of hydrogen-bond donors (Lipinski definition) is 1. The minimum Gasteiger partial charge on any atom is -0.357 e. The molecule has 0 radical (unpaired) electrons. The van der Waals surface area contributed by atoms with Crippen LogP contribution in [-0.2, 0) is 4.79 Å². The van der Waals surface area contributed by atoms with Crippen LogP contribution in [0.2, 0.25) is 0 Å². The summed E-state index contributed by atoms with van der Waals surface area (Å²) >= 11 is 4.81. The highest BCUT2D eigenvalue weighted by Gasteiger charge is 2.32. The lowest BCUT2D eigenvalue weighted by molar-refractivity contribution is -0.116. The van der Waals surface area contributed by atoms with Gasteiger partial charge in [-0.05, 0) is 30.5 Å². The summed E-state index contributed by atoms with van der Waals surface area (Å²) < 4.78 is 0.831. The van der Waals surface area contributed by atoms with Gasteiger partial charge in [-0.2, -0.15) is 0 Å². The van der Waals surface area contributed by atoms with Crippen molar-refractivity contribution in [2.75, 3.05) is 21.7 Å². The van der Waals surface area contributed by atoms with Crippen molar-refractivity contribution in [2.45, 2.75) is 34.2 Å². The van der Waals surface area contributed by atoms with Crippen LogP contribution >= 0.6 is 34.9 Å². The van der Waals surface area contributed by atoms with Gasteiger partial charge >= 0.3 is 0 Å². The summed E-state index contributed by atoms with van der Waals surface area (Å²) in [5.41, 5.74) is 2.16. The Morgan fingerprint density at radius 2 is 1.90 bits per heavy atom. The zero-order valence-electron chi connectivity index (χ0n) is 15.7. The van der Waals surface area contributed by atoms with Gasteiger partial charge in [-0.15, -0.1) is 22.0 Å². The van der Waals surface area contributed by atoms with Gasteiger partial charge in [0, 0.05) is 16.7 Å². The molecular weight excluding hydrogens is 420 g/mol. The molecule has 1 atom stereocenters. The maximum atomic E-state index is 13.3. The average Bonchev–Trinajstić information content (AvgIpc) is 3.47. The first kappa shape index (κ1) is 19.0. The topological polar surface area (TPSA) is 58.1 Å². The minimum absolute atomic E-state index is 0.0331. The molecule has 1 N–H and O–H groups in total. The number of thioether (sulfide) groups is 2. The summed E-state index contributed by atoms with van der Waals surface area (Å²) in [5, 5.41) is 12.6. The van der Waals surface area contributed by atoms with Crippen LogP contribution in [0.1, 0.15) is 24.4 Å². The third-order valence-corrected chi connectivity index (χ3v) is 8.03. The molecule has 1 aromatic heterocycles. The molecule has 29 heavy (non-hydrogen) atoms. The minimum atomic E-state index is 0.0331. The van der Waals surface area contributed by atoms with E-state index in [-0.39, 0.29) is 11.9 Å². The highest BCUT2D eigenvalue weighted by atomic mass is 32.2. The fourth-order valence-corrected chi connectivity index (χ4v) is 6.20. The van der Waals surface area contributed by atoms with Crippen molar-refractivity contribution < 1.29 is 4.79 Å². The van der Waals surface area contributed by atoms with Crippen LogP contribution < -0.4 is 10.2 Å². The van der Waals surface area contributed by atoms with E-state index < -0.39 is 0 Å². The smallest absolute Gasteiger partial charge is 0.238 e. The first-order valence-electron chi connectivity index (χ1n) is 9.59. The number of anilines is 2. The molecule has 5 nitrogen and oxygen atoms in total. The summed E-state index contributed by atoms with van der Waals surface area (Å²) in [4.78, 5) is 16.5. The molecule has 148 valence electrons. The van der Waals surface area contributed by atoms with Gasteiger partial charge in [-0.3, -0.25) is 4.79 Å². The third kappa shape index (κ3) is 4.29. The molecule has 1 aliphatic carbocycles. The van der Waals surface area contributed by atoms with Crippen molar-refractivity contribution >= 4 is 51.6 Å². The standard InChI is InChI=1S/C21H20N4OS3/c26-19(13-28-21-24-23-20(29-21)22-15-10-11-15)25-16-8-4-5-9-18(16)27-12-17(25)14-6-2-1-3-7-14/h1-9,15,17H,10-13H2,(H,22,23)/t17-/m1/s1. The summed E-state index contributed by atoms with van der Waals surface area (Å²) in [7, 11) is 0. The van der Waals surface area contributed by atoms with Crippen LogP contribution in [0.5, 0.6) is 0 Å². The number of carbonyl (C=O) groups excluding carboxylic acids is 1. The van der Waals surface area contributed by atoms with Gasteiger partial charge in [0.05, 0.1) is 17.5 Å². The second-order valence-corrected chi connectivity index (χ2v) is 10.3. The number of aromatic nitrogens is 2. The molecule has 3 aromatic rings. The monoisotopic (exact) mass is 440 g/mol. The van der Waals surface area contributed by atoms with Crippen LogP contribution in [0.25, 0.3) is 0 Å². The largest absolute Gasteiger partial charge is 0.357 e. The molecule has 0 spiro atoms. The van der Waals surface area contributed by atoms with Gasteiger partial charge in [-0.1, -0.05) is 65.6 Å². The van der Waals surface area contributed by atoms with Crippen molar-refractivity contribution in [3.8, 4) is 0 Å². The van der Waals surface area contributed by atoms with Crippen LogP contribution in [0, 0.1) is 0 Å². The normalized spacial score (nSPS) is 18.3. The quantitative estimate of drug-likeness (QED) is 0.539. The summed E-state index contributed by atoms with van der Waals surface area (Å²) in [6.07, 6.45) is 2.40. The maximum Gasteiger partial charge on any atom is 0.238 e. The van der Waals surface area contributed by atoms with Crippen LogP contribution in [0.3, 0.4) is 0 Å². The van der Waals surface area contributed by atoms with Crippen molar-refractivity contribution in [2.24, 2.45) is 0 Å². The number of fused-ring (bicyclic) bond motifs is 1. The molecule has 1 amide bonds. The van der Waals surface area contributed by atoms with Crippen molar-refractivity contribution in [3.63, 3.8) is 0 Å². The molecule has 2 aliphatic rings. The molecule has 5 rings (SSSR count). The number of amides is 1. The maximum absolute atomic E-state index is 13.3. The van der Waals surface area contributed by atoms with Crippen molar-refractivity contribution in [1.29, 1.82) is 0 Å². The molecule has 0 unspecified atom stereocenters. The van der Waals surface area contributed by atoms with Gasteiger partial charge in [0.2, 0.25) is 11.0 Å². The first-order chi connectivity index (χ1) is 14.3. The van der Waals surface area contributed by atoms with Gasteiger partial charge in [0.25, 0.3) is 0 Å². The zero-order valence-corrected chi connectivity index (χ0v) is 18.1. The number of para-hydroxylation sites is 1. The van der Waals surface area contributed by atoms with E-state index in [0.717, 1.165) is 25.8 Å².